The fourth-order valence-electron chi connectivity index (χ4n) is 3.10. The largest absolute Gasteiger partial charge is 0.383 e. The fourth-order valence-corrected chi connectivity index (χ4v) is 4.23. The second kappa shape index (κ2) is 7.86. The number of nitrogens with one attached hydrogen (secondary N) is 2. The summed E-state index contributed by atoms with van der Waals surface area (Å²) in [6.45, 7) is 3.81. The van der Waals surface area contributed by atoms with Crippen molar-refractivity contribution < 1.29 is 14.4 Å². The number of aromatic nitrogens is 1. The Bertz CT molecular complexity index is 617. The maximum atomic E-state index is 11.9. The molecule has 6 heteroatoms. The molecular weight excluding hydrogens is 310 g/mol. The molecule has 1 amide bonds. The van der Waals surface area contributed by atoms with Crippen LogP contribution in [0.1, 0.15) is 23.8 Å². The molecule has 3 rings (SSSR count). The Labute approximate surface area is 140 Å². The number of piperidine rings is 1. The number of carbonyl (C=O) groups excluding carboxylic acids is 1. The number of para-hydroxylation sites is 1. The van der Waals surface area contributed by atoms with Gasteiger partial charge in [-0.2, -0.15) is 0 Å². The fraction of sp³-hybridized carbons (Fsp3) is 0.529. The lowest BCUT2D eigenvalue weighted by atomic mass is 9.97. The van der Waals surface area contributed by atoms with Crippen LogP contribution in [0.5, 0.6) is 0 Å². The van der Waals surface area contributed by atoms with Gasteiger partial charge in [0.25, 0.3) is 5.91 Å². The van der Waals surface area contributed by atoms with Crippen molar-refractivity contribution in [2.24, 2.45) is 0 Å². The number of hydrogen-bond donors (Lipinski definition) is 2. The summed E-state index contributed by atoms with van der Waals surface area (Å²) in [7, 11) is 1.64. The molecule has 0 radical (unpaired) electrons. The van der Waals surface area contributed by atoms with Crippen molar-refractivity contribution in [3.8, 4) is 0 Å². The summed E-state index contributed by atoms with van der Waals surface area (Å²) in [4.78, 5) is 18.0. The predicted octanol–water partition coefficient (Wildman–Crippen LogP) is 0.821. The molecule has 1 saturated heterocycles. The maximum absolute atomic E-state index is 11.9. The van der Waals surface area contributed by atoms with Crippen LogP contribution in [0.2, 0.25) is 0 Å². The monoisotopic (exact) mass is 334 g/mol. The van der Waals surface area contributed by atoms with E-state index < -0.39 is 0 Å². The Kier molecular flexibility index (Phi) is 5.59. The van der Waals surface area contributed by atoms with Crippen molar-refractivity contribution in [1.82, 2.24) is 10.3 Å². The van der Waals surface area contributed by atoms with E-state index in [4.69, 9.17) is 9.72 Å². The van der Waals surface area contributed by atoms with Crippen LogP contribution in [0.15, 0.2) is 24.3 Å². The average Bonchev–Trinajstić information content (AvgIpc) is 3.00. The third kappa shape index (κ3) is 4.28. The van der Waals surface area contributed by atoms with Gasteiger partial charge in [0.2, 0.25) is 0 Å². The molecule has 2 N–H and O–H groups in total. The first-order chi connectivity index (χ1) is 11.3. The Morgan fingerprint density at radius 1 is 1.39 bits per heavy atom. The van der Waals surface area contributed by atoms with Gasteiger partial charge in [-0.1, -0.05) is 12.1 Å². The molecular formula is C17H24N3O2S+. The zero-order chi connectivity index (χ0) is 16.1. The van der Waals surface area contributed by atoms with Gasteiger partial charge in [-0.3, -0.25) is 4.79 Å². The number of methoxy groups -OCH3 is 1. The minimum Gasteiger partial charge on any atom is -0.383 e. The van der Waals surface area contributed by atoms with Gasteiger partial charge >= 0.3 is 0 Å². The average molecular weight is 334 g/mol. The van der Waals surface area contributed by atoms with Crippen molar-refractivity contribution in [2.45, 2.75) is 18.8 Å². The first kappa shape index (κ1) is 16.4. The number of thiazole rings is 1. The van der Waals surface area contributed by atoms with Crippen molar-refractivity contribution >= 4 is 27.5 Å². The summed E-state index contributed by atoms with van der Waals surface area (Å²) < 4.78 is 6.22. The summed E-state index contributed by atoms with van der Waals surface area (Å²) in [5, 5.41) is 4.16. The van der Waals surface area contributed by atoms with Gasteiger partial charge < -0.3 is 15.0 Å². The van der Waals surface area contributed by atoms with E-state index in [2.05, 4.69) is 23.5 Å². The molecule has 0 bridgehead atoms. The van der Waals surface area contributed by atoms with E-state index in [1.165, 1.54) is 14.6 Å². The number of fused-ring (bicyclic) bond motifs is 1. The van der Waals surface area contributed by atoms with Crippen molar-refractivity contribution in [1.29, 1.82) is 0 Å². The van der Waals surface area contributed by atoms with E-state index in [1.54, 1.807) is 7.11 Å². The second-order valence-corrected chi connectivity index (χ2v) is 7.13. The Morgan fingerprint density at radius 2 is 2.17 bits per heavy atom. The first-order valence-corrected chi connectivity index (χ1v) is 9.02. The lowest BCUT2D eigenvalue weighted by Crippen LogP contribution is -3.14. The molecule has 23 heavy (non-hydrogen) atoms. The molecule has 2 heterocycles. The zero-order valence-electron chi connectivity index (χ0n) is 13.5. The molecule has 0 spiro atoms. The van der Waals surface area contributed by atoms with Crippen molar-refractivity contribution in [3.63, 3.8) is 0 Å². The highest BCUT2D eigenvalue weighted by Crippen LogP contribution is 2.31. The molecule has 1 aromatic carbocycles. The number of benzene rings is 1. The van der Waals surface area contributed by atoms with Crippen LogP contribution in [0.25, 0.3) is 10.2 Å². The van der Waals surface area contributed by atoms with E-state index in [0.29, 0.717) is 25.6 Å². The highest BCUT2D eigenvalue weighted by molar-refractivity contribution is 7.18. The van der Waals surface area contributed by atoms with Crippen LogP contribution in [0.4, 0.5) is 0 Å². The number of carbonyl (C=O) groups is 1. The van der Waals surface area contributed by atoms with Crippen LogP contribution < -0.4 is 10.2 Å². The van der Waals surface area contributed by atoms with E-state index in [9.17, 15) is 4.79 Å². The summed E-state index contributed by atoms with van der Waals surface area (Å²) in [6, 6.07) is 8.33. The summed E-state index contributed by atoms with van der Waals surface area (Å²) >= 11 is 1.82. The van der Waals surface area contributed by atoms with Crippen LogP contribution in [-0.2, 0) is 9.53 Å². The SMILES string of the molecule is COCCNC(=O)C[NH+]1CCC(c2nc3ccccc3s2)CC1. The second-order valence-electron chi connectivity index (χ2n) is 6.06. The topological polar surface area (TPSA) is 55.7 Å². The number of quaternary nitrogens is 1. The standard InChI is InChI=1S/C17H23N3O2S/c1-22-11-8-18-16(21)12-20-9-6-13(7-10-20)17-19-14-4-2-3-5-15(14)23-17/h2-5,13H,6-12H2,1H3,(H,18,21)/p+1. The first-order valence-electron chi connectivity index (χ1n) is 8.21. The van der Waals surface area contributed by atoms with E-state index >= 15 is 0 Å². The minimum atomic E-state index is 0.121. The van der Waals surface area contributed by atoms with Gasteiger partial charge in [0.05, 0.1) is 34.9 Å². The zero-order valence-corrected chi connectivity index (χ0v) is 14.3. The predicted molar refractivity (Wildman–Crippen MR) is 92.0 cm³/mol. The van der Waals surface area contributed by atoms with Crippen molar-refractivity contribution in [3.05, 3.63) is 29.3 Å². The lowest BCUT2D eigenvalue weighted by Gasteiger charge is -2.27. The molecule has 1 fully saturated rings. The molecule has 0 atom stereocenters. The maximum Gasteiger partial charge on any atom is 0.275 e. The molecule has 1 aliphatic rings. The van der Waals surface area contributed by atoms with Gasteiger partial charge in [-0.05, 0) is 12.1 Å². The lowest BCUT2D eigenvalue weighted by molar-refractivity contribution is -0.897. The number of ether oxygens (including phenoxy) is 1. The molecule has 0 saturated carbocycles. The molecule has 0 aliphatic carbocycles. The van der Waals surface area contributed by atoms with Gasteiger partial charge in [0.1, 0.15) is 0 Å². The van der Waals surface area contributed by atoms with Gasteiger partial charge in [-0.15, -0.1) is 11.3 Å². The van der Waals surface area contributed by atoms with Crippen LogP contribution >= 0.6 is 11.3 Å². The minimum absolute atomic E-state index is 0.121. The molecule has 0 unspecified atom stereocenters. The molecule has 1 aliphatic heterocycles. The Balaban J connectivity index is 1.49. The number of likely N-dealkylation sites (tertiary alicyclic amines) is 1. The normalized spacial score (nSPS) is 21.4. The number of nitrogens with zero attached hydrogens (tertiary/aromatic N) is 1. The molecule has 5 nitrogen and oxygen atoms in total. The van der Waals surface area contributed by atoms with E-state index in [-0.39, 0.29) is 5.91 Å². The molecule has 2 aromatic rings. The number of amides is 1. The quantitative estimate of drug-likeness (QED) is 0.769. The highest BCUT2D eigenvalue weighted by atomic mass is 32.1. The number of rotatable bonds is 6. The Hall–Kier alpha value is -1.50. The summed E-state index contributed by atoms with van der Waals surface area (Å²) in [6.07, 6.45) is 2.22. The molecule has 1 aromatic heterocycles. The van der Waals surface area contributed by atoms with E-state index in [1.807, 2.05) is 17.4 Å². The van der Waals surface area contributed by atoms with Crippen LogP contribution in [0, 0.1) is 0 Å². The van der Waals surface area contributed by atoms with Crippen LogP contribution in [-0.4, -0.2) is 50.8 Å². The third-order valence-electron chi connectivity index (χ3n) is 4.39. The van der Waals surface area contributed by atoms with Gasteiger partial charge in [0, 0.05) is 32.4 Å². The van der Waals surface area contributed by atoms with E-state index in [0.717, 1.165) is 31.4 Å². The van der Waals surface area contributed by atoms with Gasteiger partial charge in [-0.25, -0.2) is 4.98 Å². The van der Waals surface area contributed by atoms with Crippen LogP contribution in [0.3, 0.4) is 0 Å². The molecule has 124 valence electrons. The Morgan fingerprint density at radius 3 is 2.91 bits per heavy atom. The summed E-state index contributed by atoms with van der Waals surface area (Å²) in [5.74, 6) is 0.670. The number of hydrogen-bond acceptors (Lipinski definition) is 4. The third-order valence-corrected chi connectivity index (χ3v) is 5.59. The smallest absolute Gasteiger partial charge is 0.275 e. The van der Waals surface area contributed by atoms with Crippen molar-refractivity contribution in [2.75, 3.05) is 39.9 Å². The van der Waals surface area contributed by atoms with Gasteiger partial charge in [0.15, 0.2) is 6.54 Å². The summed E-state index contributed by atoms with van der Waals surface area (Å²) in [5.41, 5.74) is 1.11. The highest BCUT2D eigenvalue weighted by Gasteiger charge is 2.26.